The van der Waals surface area contributed by atoms with Gasteiger partial charge in [-0.15, -0.1) is 0 Å². The summed E-state index contributed by atoms with van der Waals surface area (Å²) in [5.41, 5.74) is 5.09. The molecule has 0 spiro atoms. The Morgan fingerprint density at radius 2 is 1.87 bits per heavy atom. The van der Waals surface area contributed by atoms with Crippen LogP contribution in [0.3, 0.4) is 0 Å². The van der Waals surface area contributed by atoms with Gasteiger partial charge >= 0.3 is 0 Å². The highest BCUT2D eigenvalue weighted by Crippen LogP contribution is 2.36. The van der Waals surface area contributed by atoms with E-state index in [1.807, 2.05) is 48.0 Å². The van der Waals surface area contributed by atoms with Gasteiger partial charge in [0.05, 0.1) is 25.8 Å². The van der Waals surface area contributed by atoms with Gasteiger partial charge in [-0.05, 0) is 61.2 Å². The van der Waals surface area contributed by atoms with E-state index in [4.69, 9.17) is 9.47 Å². The molecule has 0 saturated heterocycles. The Bertz CT molecular complexity index is 1270. The second-order valence-electron chi connectivity index (χ2n) is 7.86. The van der Waals surface area contributed by atoms with E-state index in [0.29, 0.717) is 5.69 Å². The molecule has 6 heteroatoms. The Labute approximate surface area is 174 Å². The van der Waals surface area contributed by atoms with Gasteiger partial charge in [0.2, 0.25) is 0 Å². The number of ether oxygens (including phenoxy) is 2. The van der Waals surface area contributed by atoms with Gasteiger partial charge in [0.25, 0.3) is 5.91 Å². The van der Waals surface area contributed by atoms with Gasteiger partial charge in [0.15, 0.2) is 0 Å². The fourth-order valence-electron chi connectivity index (χ4n) is 4.60. The zero-order chi connectivity index (χ0) is 20.8. The maximum Gasteiger partial charge on any atom is 0.268 e. The van der Waals surface area contributed by atoms with Gasteiger partial charge in [-0.1, -0.05) is 0 Å². The summed E-state index contributed by atoms with van der Waals surface area (Å²) in [4.78, 5) is 16.7. The Hall–Kier alpha value is -3.41. The molecule has 4 aromatic rings. The summed E-state index contributed by atoms with van der Waals surface area (Å²) in [6.07, 6.45) is 2.96. The molecular formula is C24H25N3O3. The zero-order valence-electron chi connectivity index (χ0n) is 17.4. The number of aryl methyl sites for hydroxylation is 2. The summed E-state index contributed by atoms with van der Waals surface area (Å²) >= 11 is 0. The van der Waals surface area contributed by atoms with Crippen LogP contribution in [0.4, 0.5) is 0 Å². The van der Waals surface area contributed by atoms with Crippen molar-refractivity contribution in [1.82, 2.24) is 14.9 Å². The van der Waals surface area contributed by atoms with Crippen LogP contribution in [0.2, 0.25) is 0 Å². The number of aromatic amines is 1. The van der Waals surface area contributed by atoms with Crippen LogP contribution in [0, 0.1) is 0 Å². The quantitative estimate of drug-likeness (QED) is 0.528. The van der Waals surface area contributed by atoms with Crippen LogP contribution in [0.25, 0.3) is 21.8 Å². The van der Waals surface area contributed by atoms with E-state index in [1.54, 1.807) is 14.2 Å². The minimum absolute atomic E-state index is 0.0350. The van der Waals surface area contributed by atoms with Gasteiger partial charge in [0.1, 0.15) is 17.2 Å². The van der Waals surface area contributed by atoms with Crippen molar-refractivity contribution in [1.29, 1.82) is 0 Å². The first-order valence-electron chi connectivity index (χ1n) is 10.2. The van der Waals surface area contributed by atoms with Crippen LogP contribution in [-0.4, -0.2) is 29.7 Å². The fourth-order valence-corrected chi connectivity index (χ4v) is 4.60. The van der Waals surface area contributed by atoms with Crippen LogP contribution >= 0.6 is 0 Å². The number of fused-ring (bicyclic) bond motifs is 4. The second-order valence-corrected chi connectivity index (χ2v) is 7.86. The summed E-state index contributed by atoms with van der Waals surface area (Å²) in [5, 5.41) is 5.46. The maximum atomic E-state index is 13.2. The molecule has 2 aromatic carbocycles. The molecule has 0 saturated carbocycles. The topological polar surface area (TPSA) is 68.3 Å². The Morgan fingerprint density at radius 3 is 2.67 bits per heavy atom. The standard InChI is InChI=1S/C24H25N3O3/c1-27-21-13-16(30-3)8-7-14(21)11-22(27)24(28)26-20-6-4-5-17-18-12-15(29-2)9-10-19(18)25-23(17)20/h7-13,20,25H,4-6H2,1-3H3,(H,26,28). The zero-order valence-corrected chi connectivity index (χ0v) is 17.4. The largest absolute Gasteiger partial charge is 0.497 e. The highest BCUT2D eigenvalue weighted by molar-refractivity contribution is 5.99. The summed E-state index contributed by atoms with van der Waals surface area (Å²) in [5.74, 6) is 1.56. The van der Waals surface area contributed by atoms with E-state index in [1.165, 1.54) is 10.9 Å². The Kier molecular flexibility index (Phi) is 4.42. The lowest BCUT2D eigenvalue weighted by Crippen LogP contribution is -2.32. The molecule has 0 bridgehead atoms. The van der Waals surface area contributed by atoms with E-state index < -0.39 is 0 Å². The molecule has 30 heavy (non-hydrogen) atoms. The molecule has 1 unspecified atom stereocenters. The molecule has 1 atom stereocenters. The molecule has 0 aliphatic heterocycles. The van der Waals surface area contributed by atoms with Gasteiger partial charge in [0, 0.05) is 35.1 Å². The number of aromatic nitrogens is 2. The number of methoxy groups -OCH3 is 2. The number of hydrogen-bond donors (Lipinski definition) is 2. The van der Waals surface area contributed by atoms with E-state index in [9.17, 15) is 4.79 Å². The van der Waals surface area contributed by atoms with Gasteiger partial charge in [-0.2, -0.15) is 0 Å². The minimum atomic E-state index is -0.0678. The van der Waals surface area contributed by atoms with Crippen molar-refractivity contribution in [2.45, 2.75) is 25.3 Å². The van der Waals surface area contributed by atoms with Crippen molar-refractivity contribution in [3.05, 3.63) is 59.4 Å². The van der Waals surface area contributed by atoms with Crippen LogP contribution in [0.1, 0.15) is 40.6 Å². The first-order chi connectivity index (χ1) is 14.6. The van der Waals surface area contributed by atoms with E-state index in [2.05, 4.69) is 16.4 Å². The van der Waals surface area contributed by atoms with Crippen molar-refractivity contribution >= 4 is 27.7 Å². The number of nitrogens with zero attached hydrogens (tertiary/aromatic N) is 1. The lowest BCUT2D eigenvalue weighted by Gasteiger charge is -2.24. The molecular weight excluding hydrogens is 378 g/mol. The number of carbonyl (C=O) groups is 1. The van der Waals surface area contributed by atoms with Gasteiger partial charge < -0.3 is 24.3 Å². The second kappa shape index (κ2) is 7.13. The average Bonchev–Trinajstić information content (AvgIpc) is 3.31. The molecule has 1 aliphatic rings. The predicted molar refractivity (Wildman–Crippen MR) is 117 cm³/mol. The maximum absolute atomic E-state index is 13.2. The number of carbonyl (C=O) groups excluding carboxylic acids is 1. The van der Waals surface area contributed by atoms with Crippen LogP contribution in [-0.2, 0) is 13.5 Å². The molecule has 0 fully saturated rings. The molecule has 1 amide bonds. The van der Waals surface area contributed by atoms with E-state index >= 15 is 0 Å². The normalized spacial score (nSPS) is 15.9. The lowest BCUT2D eigenvalue weighted by atomic mass is 9.91. The monoisotopic (exact) mass is 403 g/mol. The van der Waals surface area contributed by atoms with E-state index in [0.717, 1.165) is 52.9 Å². The Balaban J connectivity index is 1.48. The number of H-pyrrole nitrogens is 1. The molecule has 1 aliphatic carbocycles. The fraction of sp³-hybridized carbons (Fsp3) is 0.292. The van der Waals surface area contributed by atoms with Crippen LogP contribution < -0.4 is 14.8 Å². The highest BCUT2D eigenvalue weighted by atomic mass is 16.5. The first kappa shape index (κ1) is 18.6. The SMILES string of the molecule is COc1ccc2[nH]c3c(c2c1)CCCC3NC(=O)c1cc2ccc(OC)cc2n1C. The van der Waals surface area contributed by atoms with Crippen molar-refractivity contribution in [3.8, 4) is 11.5 Å². The van der Waals surface area contributed by atoms with Crippen molar-refractivity contribution < 1.29 is 14.3 Å². The number of hydrogen-bond acceptors (Lipinski definition) is 3. The third kappa shape index (κ3) is 2.91. The minimum Gasteiger partial charge on any atom is -0.497 e. The summed E-state index contributed by atoms with van der Waals surface area (Å²) in [6, 6.07) is 13.8. The number of nitrogens with one attached hydrogen (secondary N) is 2. The molecule has 6 nitrogen and oxygen atoms in total. The molecule has 5 rings (SSSR count). The summed E-state index contributed by atoms with van der Waals surface area (Å²) in [7, 11) is 5.25. The third-order valence-corrected chi connectivity index (χ3v) is 6.20. The highest BCUT2D eigenvalue weighted by Gasteiger charge is 2.27. The number of rotatable bonds is 4. The summed E-state index contributed by atoms with van der Waals surface area (Å²) < 4.78 is 12.6. The van der Waals surface area contributed by atoms with Gasteiger partial charge in [-0.25, -0.2) is 0 Å². The van der Waals surface area contributed by atoms with E-state index in [-0.39, 0.29) is 11.9 Å². The summed E-state index contributed by atoms with van der Waals surface area (Å²) in [6.45, 7) is 0. The number of benzene rings is 2. The van der Waals surface area contributed by atoms with Crippen LogP contribution in [0.15, 0.2) is 42.5 Å². The smallest absolute Gasteiger partial charge is 0.268 e. The molecule has 154 valence electrons. The number of amides is 1. The molecule has 2 N–H and O–H groups in total. The third-order valence-electron chi connectivity index (χ3n) is 6.20. The molecule has 0 radical (unpaired) electrons. The van der Waals surface area contributed by atoms with Crippen LogP contribution in [0.5, 0.6) is 11.5 Å². The van der Waals surface area contributed by atoms with Crippen molar-refractivity contribution in [3.63, 3.8) is 0 Å². The Morgan fingerprint density at radius 1 is 1.10 bits per heavy atom. The predicted octanol–water partition coefficient (Wildman–Crippen LogP) is 4.48. The molecule has 2 heterocycles. The van der Waals surface area contributed by atoms with Gasteiger partial charge in [-0.3, -0.25) is 4.79 Å². The molecule has 2 aromatic heterocycles. The lowest BCUT2D eigenvalue weighted by molar-refractivity contribution is 0.0924. The average molecular weight is 403 g/mol. The van der Waals surface area contributed by atoms with Crippen molar-refractivity contribution in [2.75, 3.05) is 14.2 Å². The first-order valence-corrected chi connectivity index (χ1v) is 10.2. The van der Waals surface area contributed by atoms with Crippen molar-refractivity contribution in [2.24, 2.45) is 7.05 Å².